The molecule has 0 aliphatic rings. The molecule has 0 bridgehead atoms. The maximum atomic E-state index is 13.5. The third-order valence-electron chi connectivity index (χ3n) is 2.89. The fraction of sp³-hybridized carbons (Fsp3) is 0.0714. The Morgan fingerprint density at radius 3 is 2.76 bits per heavy atom. The summed E-state index contributed by atoms with van der Waals surface area (Å²) >= 11 is 0. The van der Waals surface area contributed by atoms with Crippen LogP contribution in [0.5, 0.6) is 0 Å². The number of halogens is 2. The lowest BCUT2D eigenvalue weighted by Crippen LogP contribution is -2.04. The van der Waals surface area contributed by atoms with Gasteiger partial charge in [0, 0.05) is 12.1 Å². The van der Waals surface area contributed by atoms with Crippen molar-refractivity contribution in [3.05, 3.63) is 66.4 Å². The van der Waals surface area contributed by atoms with E-state index < -0.39 is 11.6 Å². The van der Waals surface area contributed by atoms with Gasteiger partial charge < -0.3 is 5.32 Å². The molecule has 0 aliphatic carbocycles. The molecule has 2 aromatic heterocycles. The summed E-state index contributed by atoms with van der Waals surface area (Å²) in [6.07, 6.45) is 4.55. The molecule has 2 heterocycles. The Hall–Kier alpha value is -2.83. The normalized spacial score (nSPS) is 10.6. The first-order valence-electron chi connectivity index (χ1n) is 6.21. The molecule has 0 spiro atoms. The van der Waals surface area contributed by atoms with Crippen molar-refractivity contribution in [2.75, 3.05) is 5.32 Å². The van der Waals surface area contributed by atoms with Crippen LogP contribution < -0.4 is 5.32 Å². The topological polar surface area (TPSA) is 55.6 Å². The average Bonchev–Trinajstić information content (AvgIpc) is 3.03. The first kappa shape index (κ1) is 13.2. The largest absolute Gasteiger partial charge is 0.380 e. The Bertz CT molecular complexity index is 726. The molecule has 5 nitrogen and oxygen atoms in total. The number of pyridine rings is 1. The van der Waals surface area contributed by atoms with Crippen LogP contribution in [0.3, 0.4) is 0 Å². The predicted molar refractivity (Wildman–Crippen MR) is 72.8 cm³/mol. The van der Waals surface area contributed by atoms with Crippen molar-refractivity contribution < 1.29 is 8.78 Å². The minimum Gasteiger partial charge on any atom is -0.380 e. The molecule has 21 heavy (non-hydrogen) atoms. The second-order valence-corrected chi connectivity index (χ2v) is 4.33. The zero-order valence-corrected chi connectivity index (χ0v) is 10.9. The molecular formula is C14H11F2N5. The van der Waals surface area contributed by atoms with E-state index in [0.717, 1.165) is 12.1 Å². The van der Waals surface area contributed by atoms with Gasteiger partial charge in [-0.1, -0.05) is 0 Å². The fourth-order valence-electron chi connectivity index (χ4n) is 1.83. The summed E-state index contributed by atoms with van der Waals surface area (Å²) in [6.45, 7) is 0.175. The van der Waals surface area contributed by atoms with Crippen LogP contribution in [0.1, 0.15) is 5.56 Å². The molecule has 3 aromatic rings. The van der Waals surface area contributed by atoms with Crippen LogP contribution in [0, 0.1) is 11.6 Å². The molecule has 7 heteroatoms. The summed E-state index contributed by atoms with van der Waals surface area (Å²) in [7, 11) is 0. The number of rotatable bonds is 4. The molecule has 0 aliphatic heterocycles. The Morgan fingerprint density at radius 1 is 1.14 bits per heavy atom. The molecule has 1 N–H and O–H groups in total. The zero-order valence-electron chi connectivity index (χ0n) is 10.9. The highest BCUT2D eigenvalue weighted by Gasteiger charge is 2.04. The molecular weight excluding hydrogens is 276 g/mol. The lowest BCUT2D eigenvalue weighted by molar-refractivity contribution is 0.587. The van der Waals surface area contributed by atoms with E-state index >= 15 is 0 Å². The minimum atomic E-state index is -0.465. The molecule has 0 unspecified atom stereocenters. The highest BCUT2D eigenvalue weighted by molar-refractivity contribution is 5.44. The summed E-state index contributed by atoms with van der Waals surface area (Å²) in [5.74, 6) is -0.293. The molecule has 0 amide bonds. The van der Waals surface area contributed by atoms with E-state index in [9.17, 15) is 8.78 Å². The molecule has 0 fully saturated rings. The van der Waals surface area contributed by atoms with Crippen LogP contribution in [-0.2, 0) is 6.54 Å². The number of anilines is 1. The fourth-order valence-corrected chi connectivity index (χ4v) is 1.83. The van der Waals surface area contributed by atoms with Gasteiger partial charge in [-0.3, -0.25) is 0 Å². The summed E-state index contributed by atoms with van der Waals surface area (Å²) in [4.78, 5) is 8.04. The Morgan fingerprint density at radius 2 is 2.05 bits per heavy atom. The molecule has 3 rings (SSSR count). The first-order valence-corrected chi connectivity index (χ1v) is 6.21. The van der Waals surface area contributed by atoms with E-state index in [1.54, 1.807) is 18.3 Å². The van der Waals surface area contributed by atoms with Gasteiger partial charge in [0.15, 0.2) is 5.82 Å². The van der Waals surface area contributed by atoms with Gasteiger partial charge in [-0.25, -0.2) is 23.4 Å². The molecule has 106 valence electrons. The smallest absolute Gasteiger partial charge is 0.155 e. The van der Waals surface area contributed by atoms with Crippen LogP contribution in [0.2, 0.25) is 0 Å². The average molecular weight is 287 g/mol. The van der Waals surface area contributed by atoms with Crippen molar-refractivity contribution in [2.45, 2.75) is 6.54 Å². The number of nitrogens with zero attached hydrogens (tertiary/aromatic N) is 4. The highest BCUT2D eigenvalue weighted by Crippen LogP contribution is 2.13. The number of hydrogen-bond donors (Lipinski definition) is 1. The SMILES string of the molecule is Fc1ccc(F)c(CNc2ccc(-n3cncn3)nc2)c1. The van der Waals surface area contributed by atoms with E-state index in [-0.39, 0.29) is 12.1 Å². The molecule has 0 saturated carbocycles. The third kappa shape index (κ3) is 3.02. The highest BCUT2D eigenvalue weighted by atomic mass is 19.1. The van der Waals surface area contributed by atoms with Gasteiger partial charge in [0.2, 0.25) is 0 Å². The van der Waals surface area contributed by atoms with Crippen molar-refractivity contribution in [1.82, 2.24) is 19.7 Å². The zero-order chi connectivity index (χ0) is 14.7. The van der Waals surface area contributed by atoms with Crippen LogP contribution in [-0.4, -0.2) is 19.7 Å². The molecule has 0 atom stereocenters. The molecule has 0 radical (unpaired) electrons. The number of aromatic nitrogens is 4. The van der Waals surface area contributed by atoms with E-state index in [0.29, 0.717) is 11.5 Å². The lowest BCUT2D eigenvalue weighted by Gasteiger charge is -2.08. The van der Waals surface area contributed by atoms with Crippen LogP contribution in [0.15, 0.2) is 49.2 Å². The van der Waals surface area contributed by atoms with Crippen molar-refractivity contribution in [3.8, 4) is 5.82 Å². The van der Waals surface area contributed by atoms with Gasteiger partial charge in [-0.15, -0.1) is 0 Å². The van der Waals surface area contributed by atoms with Crippen LogP contribution in [0.25, 0.3) is 5.82 Å². The summed E-state index contributed by atoms with van der Waals surface area (Å²) < 4.78 is 28.1. The second-order valence-electron chi connectivity index (χ2n) is 4.33. The lowest BCUT2D eigenvalue weighted by atomic mass is 10.2. The standard InChI is InChI=1S/C14H11F2N5/c15-11-1-3-13(16)10(5-11)6-18-12-2-4-14(19-7-12)21-9-17-8-20-21/h1-5,7-9,18H,6H2. The van der Waals surface area contributed by atoms with Crippen molar-refractivity contribution in [2.24, 2.45) is 0 Å². The Labute approximate surface area is 119 Å². The van der Waals surface area contributed by atoms with Gasteiger partial charge in [0.25, 0.3) is 0 Å². The molecule has 0 saturated heterocycles. The first-order chi connectivity index (χ1) is 10.2. The van der Waals surface area contributed by atoms with Gasteiger partial charge in [0.1, 0.15) is 24.3 Å². The number of nitrogens with one attached hydrogen (secondary N) is 1. The van der Waals surface area contributed by atoms with E-state index in [1.165, 1.54) is 23.4 Å². The monoisotopic (exact) mass is 287 g/mol. The van der Waals surface area contributed by atoms with E-state index in [2.05, 4.69) is 20.4 Å². The van der Waals surface area contributed by atoms with Crippen molar-refractivity contribution >= 4 is 5.69 Å². The number of hydrogen-bond acceptors (Lipinski definition) is 4. The minimum absolute atomic E-state index is 0.175. The maximum Gasteiger partial charge on any atom is 0.155 e. The maximum absolute atomic E-state index is 13.5. The van der Waals surface area contributed by atoms with Gasteiger partial charge >= 0.3 is 0 Å². The Balaban J connectivity index is 1.70. The summed E-state index contributed by atoms with van der Waals surface area (Å²) in [5, 5.41) is 6.95. The van der Waals surface area contributed by atoms with Crippen LogP contribution in [0.4, 0.5) is 14.5 Å². The van der Waals surface area contributed by atoms with E-state index in [1.807, 2.05) is 0 Å². The van der Waals surface area contributed by atoms with E-state index in [4.69, 9.17) is 0 Å². The van der Waals surface area contributed by atoms with Gasteiger partial charge in [0.05, 0.1) is 11.9 Å². The van der Waals surface area contributed by atoms with Crippen molar-refractivity contribution in [1.29, 1.82) is 0 Å². The quantitative estimate of drug-likeness (QED) is 0.801. The third-order valence-corrected chi connectivity index (χ3v) is 2.89. The molecule has 1 aromatic carbocycles. The van der Waals surface area contributed by atoms with Crippen molar-refractivity contribution in [3.63, 3.8) is 0 Å². The number of benzene rings is 1. The Kier molecular flexibility index (Phi) is 3.55. The van der Waals surface area contributed by atoms with Gasteiger partial charge in [-0.05, 0) is 30.3 Å². The second kappa shape index (κ2) is 5.66. The summed E-state index contributed by atoms with van der Waals surface area (Å²) in [5.41, 5.74) is 0.956. The summed E-state index contributed by atoms with van der Waals surface area (Å²) in [6, 6.07) is 6.89. The van der Waals surface area contributed by atoms with Crippen LogP contribution >= 0.6 is 0 Å². The predicted octanol–water partition coefficient (Wildman–Crippen LogP) is 2.55. The van der Waals surface area contributed by atoms with Gasteiger partial charge in [-0.2, -0.15) is 5.10 Å².